The number of aryl methyl sites for hydroxylation is 2. The zero-order chi connectivity index (χ0) is 15.9. The number of aromatic nitrogens is 1. The lowest BCUT2D eigenvalue weighted by atomic mass is 9.85. The highest BCUT2D eigenvalue weighted by Gasteiger charge is 2.33. The summed E-state index contributed by atoms with van der Waals surface area (Å²) in [5.74, 6) is -0.732. The maximum atomic E-state index is 10.8. The van der Waals surface area contributed by atoms with Gasteiger partial charge in [0.2, 0.25) is 0 Å². The van der Waals surface area contributed by atoms with Crippen molar-refractivity contribution in [1.82, 2.24) is 15.2 Å². The van der Waals surface area contributed by atoms with E-state index in [0.29, 0.717) is 12.1 Å². The van der Waals surface area contributed by atoms with Gasteiger partial charge in [-0.25, -0.2) is 0 Å². The maximum absolute atomic E-state index is 10.8. The van der Waals surface area contributed by atoms with Gasteiger partial charge in [-0.2, -0.15) is 0 Å². The molecule has 2 N–H and O–H groups in total. The van der Waals surface area contributed by atoms with Crippen molar-refractivity contribution in [2.45, 2.75) is 51.6 Å². The molecule has 0 atom stereocenters. The van der Waals surface area contributed by atoms with Gasteiger partial charge in [-0.05, 0) is 57.3 Å². The van der Waals surface area contributed by atoms with Gasteiger partial charge in [0, 0.05) is 24.0 Å². The van der Waals surface area contributed by atoms with E-state index in [1.165, 1.54) is 5.56 Å². The second kappa shape index (κ2) is 8.25. The largest absolute Gasteiger partial charge is 0.480 e. The lowest BCUT2D eigenvalue weighted by molar-refractivity contribution is -0.139. The Bertz CT molecular complexity index is 469. The molecule has 122 valence electrons. The molecular weight excluding hydrogens is 278 g/mol. The van der Waals surface area contributed by atoms with E-state index in [2.05, 4.69) is 27.3 Å². The molecule has 1 saturated carbocycles. The van der Waals surface area contributed by atoms with Crippen LogP contribution in [0, 0.1) is 6.92 Å². The average molecular weight is 305 g/mol. The Morgan fingerprint density at radius 3 is 2.82 bits per heavy atom. The summed E-state index contributed by atoms with van der Waals surface area (Å²) in [5, 5.41) is 12.5. The predicted octanol–water partition coefficient (Wildman–Crippen LogP) is 1.85. The van der Waals surface area contributed by atoms with Crippen LogP contribution in [0.4, 0.5) is 0 Å². The topological polar surface area (TPSA) is 65.5 Å². The molecule has 0 bridgehead atoms. The molecule has 1 heterocycles. The summed E-state index contributed by atoms with van der Waals surface area (Å²) in [6.07, 6.45) is 6.25. The number of nitrogens with one attached hydrogen (secondary N) is 1. The number of hydrogen-bond acceptors (Lipinski definition) is 4. The maximum Gasteiger partial charge on any atom is 0.317 e. The first kappa shape index (κ1) is 16.9. The number of rotatable bonds is 9. The van der Waals surface area contributed by atoms with Crippen molar-refractivity contribution in [3.63, 3.8) is 0 Å². The van der Waals surface area contributed by atoms with Gasteiger partial charge >= 0.3 is 5.97 Å². The second-order valence-electron chi connectivity index (χ2n) is 6.14. The molecule has 0 aliphatic heterocycles. The van der Waals surface area contributed by atoms with E-state index in [1.54, 1.807) is 0 Å². The highest BCUT2D eigenvalue weighted by Crippen LogP contribution is 2.25. The van der Waals surface area contributed by atoms with Gasteiger partial charge in [0.15, 0.2) is 0 Å². The van der Waals surface area contributed by atoms with Crippen LogP contribution in [0.2, 0.25) is 0 Å². The number of carbonyl (C=O) groups is 1. The van der Waals surface area contributed by atoms with E-state index in [-0.39, 0.29) is 6.54 Å². The quantitative estimate of drug-likeness (QED) is 0.682. The van der Waals surface area contributed by atoms with Gasteiger partial charge in [0.05, 0.1) is 6.54 Å². The first-order valence-electron chi connectivity index (χ1n) is 8.19. The molecule has 5 nitrogen and oxygen atoms in total. The minimum absolute atomic E-state index is 0.161. The third-order valence-electron chi connectivity index (χ3n) is 4.42. The summed E-state index contributed by atoms with van der Waals surface area (Å²) in [5.41, 5.74) is 2.35. The van der Waals surface area contributed by atoms with Crippen LogP contribution in [0.15, 0.2) is 18.3 Å². The van der Waals surface area contributed by atoms with Crippen molar-refractivity contribution in [3.8, 4) is 0 Å². The molecule has 2 rings (SSSR count). The number of hydrogen-bond donors (Lipinski definition) is 2. The van der Waals surface area contributed by atoms with Crippen molar-refractivity contribution in [3.05, 3.63) is 29.6 Å². The predicted molar refractivity (Wildman–Crippen MR) is 87.0 cm³/mol. The summed E-state index contributed by atoms with van der Waals surface area (Å²) >= 11 is 0. The molecule has 0 aromatic carbocycles. The van der Waals surface area contributed by atoms with E-state index in [1.807, 2.05) is 20.0 Å². The van der Waals surface area contributed by atoms with E-state index in [4.69, 9.17) is 5.11 Å². The van der Waals surface area contributed by atoms with Crippen LogP contribution >= 0.6 is 0 Å². The standard InChI is InChI=1S/C17H27N3O2/c1-3-20(12-17(21)22)16-9-15(10-16)18-8-4-5-14-7-6-13(2)19-11-14/h6-7,11,15-16,18H,3-5,8-10,12H2,1-2H3,(H,21,22). The molecular formula is C17H27N3O2. The smallest absolute Gasteiger partial charge is 0.317 e. The van der Waals surface area contributed by atoms with Crippen LogP contribution in [0.3, 0.4) is 0 Å². The zero-order valence-corrected chi connectivity index (χ0v) is 13.6. The Morgan fingerprint density at radius 1 is 1.45 bits per heavy atom. The molecule has 0 radical (unpaired) electrons. The SMILES string of the molecule is CCN(CC(=O)O)C1CC(NCCCc2ccc(C)nc2)C1. The average Bonchev–Trinajstić information content (AvgIpc) is 2.45. The van der Waals surface area contributed by atoms with Gasteiger partial charge in [-0.15, -0.1) is 0 Å². The van der Waals surface area contributed by atoms with Crippen LogP contribution in [0.5, 0.6) is 0 Å². The summed E-state index contributed by atoms with van der Waals surface area (Å²) in [4.78, 5) is 17.2. The molecule has 1 aromatic heterocycles. The van der Waals surface area contributed by atoms with Crippen LogP contribution in [-0.4, -0.2) is 52.7 Å². The molecule has 0 amide bonds. The van der Waals surface area contributed by atoms with Crippen LogP contribution in [0.25, 0.3) is 0 Å². The Labute approximate surface area is 132 Å². The van der Waals surface area contributed by atoms with Crippen molar-refractivity contribution in [2.24, 2.45) is 0 Å². The monoisotopic (exact) mass is 305 g/mol. The van der Waals surface area contributed by atoms with Crippen molar-refractivity contribution >= 4 is 5.97 Å². The molecule has 5 heteroatoms. The fourth-order valence-corrected chi connectivity index (χ4v) is 2.97. The first-order valence-corrected chi connectivity index (χ1v) is 8.19. The second-order valence-corrected chi connectivity index (χ2v) is 6.14. The van der Waals surface area contributed by atoms with Crippen LogP contribution in [0.1, 0.15) is 37.4 Å². The van der Waals surface area contributed by atoms with Crippen molar-refractivity contribution < 1.29 is 9.90 Å². The molecule has 1 aromatic rings. The number of carboxylic acid groups (broad SMARTS) is 1. The fraction of sp³-hybridized carbons (Fsp3) is 0.647. The molecule has 0 spiro atoms. The fourth-order valence-electron chi connectivity index (χ4n) is 2.97. The summed E-state index contributed by atoms with van der Waals surface area (Å²) in [6, 6.07) is 5.18. The highest BCUT2D eigenvalue weighted by atomic mass is 16.4. The minimum Gasteiger partial charge on any atom is -0.480 e. The molecule has 1 aliphatic rings. The van der Waals surface area contributed by atoms with Gasteiger partial charge in [-0.1, -0.05) is 13.0 Å². The zero-order valence-electron chi connectivity index (χ0n) is 13.6. The Hall–Kier alpha value is -1.46. The number of likely N-dealkylation sites (N-methyl/N-ethyl adjacent to an activating group) is 1. The van der Waals surface area contributed by atoms with Crippen molar-refractivity contribution in [2.75, 3.05) is 19.6 Å². The third kappa shape index (κ3) is 5.07. The van der Waals surface area contributed by atoms with E-state index in [0.717, 1.165) is 44.5 Å². The molecule has 1 fully saturated rings. The highest BCUT2D eigenvalue weighted by molar-refractivity contribution is 5.69. The molecule has 22 heavy (non-hydrogen) atoms. The number of carboxylic acids is 1. The normalized spacial score (nSPS) is 20.9. The number of nitrogens with zero attached hydrogens (tertiary/aromatic N) is 2. The lowest BCUT2D eigenvalue weighted by Gasteiger charge is -2.42. The molecule has 0 saturated heterocycles. The van der Waals surface area contributed by atoms with Gasteiger partial charge < -0.3 is 10.4 Å². The summed E-state index contributed by atoms with van der Waals surface area (Å²) in [7, 11) is 0. The lowest BCUT2D eigenvalue weighted by Crippen LogP contribution is -2.53. The van der Waals surface area contributed by atoms with E-state index >= 15 is 0 Å². The first-order chi connectivity index (χ1) is 10.6. The summed E-state index contributed by atoms with van der Waals surface area (Å²) in [6.45, 7) is 6.01. The van der Waals surface area contributed by atoms with Crippen molar-refractivity contribution in [1.29, 1.82) is 0 Å². The molecule has 1 aliphatic carbocycles. The summed E-state index contributed by atoms with van der Waals surface area (Å²) < 4.78 is 0. The Kier molecular flexibility index (Phi) is 6.34. The Morgan fingerprint density at radius 2 is 2.23 bits per heavy atom. The minimum atomic E-state index is -0.732. The van der Waals surface area contributed by atoms with E-state index in [9.17, 15) is 4.79 Å². The van der Waals surface area contributed by atoms with Crippen LogP contribution < -0.4 is 5.32 Å². The van der Waals surface area contributed by atoms with Gasteiger partial charge in [-0.3, -0.25) is 14.7 Å². The van der Waals surface area contributed by atoms with Gasteiger partial charge in [0.25, 0.3) is 0 Å². The third-order valence-corrected chi connectivity index (χ3v) is 4.42. The van der Waals surface area contributed by atoms with Gasteiger partial charge in [0.1, 0.15) is 0 Å². The van der Waals surface area contributed by atoms with E-state index < -0.39 is 5.97 Å². The van der Waals surface area contributed by atoms with Crippen LogP contribution in [-0.2, 0) is 11.2 Å². The molecule has 0 unspecified atom stereocenters. The number of pyridine rings is 1. The number of aliphatic carboxylic acids is 1. The Balaban J connectivity index is 1.58.